The Kier molecular flexibility index (Phi) is 4.02. The van der Waals surface area contributed by atoms with Gasteiger partial charge in [0.25, 0.3) is 5.91 Å². The average molecular weight is 319 g/mol. The number of carboxylic acids is 1. The molecule has 0 spiro atoms. The summed E-state index contributed by atoms with van der Waals surface area (Å²) in [6.45, 7) is 4.71. The molecule has 0 bridgehead atoms. The highest BCUT2D eigenvalue weighted by Crippen LogP contribution is 2.32. The molecule has 2 aliphatic heterocycles. The van der Waals surface area contributed by atoms with E-state index in [4.69, 9.17) is 14.6 Å². The zero-order valence-electron chi connectivity index (χ0n) is 13.3. The molecule has 0 saturated carbocycles. The number of carbonyl (C=O) groups is 2. The molecule has 2 atom stereocenters. The number of hydrogen-bond acceptors (Lipinski definition) is 4. The minimum Gasteiger partial charge on any atom is -0.481 e. The Morgan fingerprint density at radius 1 is 1.35 bits per heavy atom. The van der Waals surface area contributed by atoms with Crippen LogP contribution < -0.4 is 10.1 Å². The number of nitrogens with one attached hydrogen (secondary N) is 1. The number of aryl methyl sites for hydroxylation is 2. The van der Waals surface area contributed by atoms with Crippen LogP contribution in [0.15, 0.2) is 12.1 Å². The third-order valence-corrected chi connectivity index (χ3v) is 4.63. The smallest absolute Gasteiger partial charge is 0.305 e. The van der Waals surface area contributed by atoms with Crippen LogP contribution in [0.3, 0.4) is 0 Å². The van der Waals surface area contributed by atoms with Crippen LogP contribution >= 0.6 is 0 Å². The summed E-state index contributed by atoms with van der Waals surface area (Å²) >= 11 is 0. The average Bonchev–Trinajstić information content (AvgIpc) is 3.06. The fraction of sp³-hybridized carbons (Fsp3) is 0.529. The second kappa shape index (κ2) is 5.85. The minimum atomic E-state index is -0.947. The monoisotopic (exact) mass is 319 g/mol. The first-order valence-electron chi connectivity index (χ1n) is 7.77. The fourth-order valence-electron chi connectivity index (χ4n) is 3.18. The van der Waals surface area contributed by atoms with Gasteiger partial charge in [0.1, 0.15) is 5.75 Å². The molecule has 6 nitrogen and oxygen atoms in total. The van der Waals surface area contributed by atoms with E-state index in [1.165, 1.54) is 5.56 Å². The molecule has 124 valence electrons. The number of benzene rings is 1. The van der Waals surface area contributed by atoms with Crippen LogP contribution in [0.2, 0.25) is 0 Å². The molecule has 1 aromatic carbocycles. The van der Waals surface area contributed by atoms with Gasteiger partial charge in [-0.25, -0.2) is 0 Å². The van der Waals surface area contributed by atoms with Crippen LogP contribution in [0.5, 0.6) is 5.75 Å². The van der Waals surface area contributed by atoms with E-state index in [9.17, 15) is 9.59 Å². The lowest BCUT2D eigenvalue weighted by Gasteiger charge is -2.28. The van der Waals surface area contributed by atoms with Crippen LogP contribution in [0.25, 0.3) is 0 Å². The number of carbonyl (C=O) groups excluding carboxylic acids is 1. The summed E-state index contributed by atoms with van der Waals surface area (Å²) in [7, 11) is 0. The number of fused-ring (bicyclic) bond motifs is 1. The molecule has 0 aromatic heterocycles. The molecule has 23 heavy (non-hydrogen) atoms. The lowest BCUT2D eigenvalue weighted by molar-refractivity contribution is -0.139. The molecule has 2 heterocycles. The van der Waals surface area contributed by atoms with E-state index >= 15 is 0 Å². The molecular formula is C17H21NO5. The van der Waals surface area contributed by atoms with Crippen molar-refractivity contribution in [2.24, 2.45) is 0 Å². The Hall–Kier alpha value is -2.08. The highest BCUT2D eigenvalue weighted by Gasteiger charge is 2.41. The maximum absolute atomic E-state index is 12.5. The summed E-state index contributed by atoms with van der Waals surface area (Å²) in [5.74, 6) is -0.482. The summed E-state index contributed by atoms with van der Waals surface area (Å²) in [5, 5.41) is 11.9. The molecule has 6 heteroatoms. The number of ether oxygens (including phenoxy) is 2. The molecule has 1 saturated heterocycles. The van der Waals surface area contributed by atoms with E-state index in [-0.39, 0.29) is 18.9 Å². The highest BCUT2D eigenvalue weighted by molar-refractivity contribution is 5.84. The van der Waals surface area contributed by atoms with Crippen molar-refractivity contribution < 1.29 is 24.2 Å². The highest BCUT2D eigenvalue weighted by atomic mass is 16.5. The van der Waals surface area contributed by atoms with Gasteiger partial charge < -0.3 is 19.9 Å². The van der Waals surface area contributed by atoms with Crippen LogP contribution in [0, 0.1) is 13.8 Å². The van der Waals surface area contributed by atoms with Crippen LogP contribution in [-0.4, -0.2) is 41.8 Å². The van der Waals surface area contributed by atoms with E-state index < -0.39 is 17.6 Å². The van der Waals surface area contributed by atoms with E-state index in [1.807, 2.05) is 26.0 Å². The Morgan fingerprint density at radius 3 is 2.74 bits per heavy atom. The van der Waals surface area contributed by atoms with Crippen molar-refractivity contribution in [1.82, 2.24) is 5.32 Å². The van der Waals surface area contributed by atoms with E-state index in [1.54, 1.807) is 0 Å². The predicted octanol–water partition coefficient (Wildman–Crippen LogP) is 1.36. The third kappa shape index (κ3) is 3.17. The molecule has 0 aliphatic carbocycles. The number of rotatable bonds is 4. The largest absolute Gasteiger partial charge is 0.481 e. The second-order valence-electron chi connectivity index (χ2n) is 6.50. The van der Waals surface area contributed by atoms with Crippen molar-refractivity contribution in [3.63, 3.8) is 0 Å². The Bertz CT molecular complexity index is 618. The molecule has 0 radical (unpaired) electrons. The van der Waals surface area contributed by atoms with Crippen LogP contribution in [0.1, 0.15) is 29.5 Å². The summed E-state index contributed by atoms with van der Waals surface area (Å²) in [6.07, 6.45) is 0.253. The first kappa shape index (κ1) is 15.8. The third-order valence-electron chi connectivity index (χ3n) is 4.63. The zero-order chi connectivity index (χ0) is 16.6. The molecular weight excluding hydrogens is 298 g/mol. The summed E-state index contributed by atoms with van der Waals surface area (Å²) in [4.78, 5) is 23.6. The van der Waals surface area contributed by atoms with Crippen LogP contribution in [0.4, 0.5) is 0 Å². The van der Waals surface area contributed by atoms with Crippen LogP contribution in [-0.2, 0) is 20.7 Å². The lowest BCUT2D eigenvalue weighted by atomic mass is 9.93. The Labute approximate surface area is 134 Å². The minimum absolute atomic E-state index is 0.142. The summed E-state index contributed by atoms with van der Waals surface area (Å²) in [5.41, 5.74) is 2.48. The quantitative estimate of drug-likeness (QED) is 0.875. The van der Waals surface area contributed by atoms with Gasteiger partial charge in [-0.3, -0.25) is 9.59 Å². The molecule has 2 unspecified atom stereocenters. The first-order chi connectivity index (χ1) is 10.9. The van der Waals surface area contributed by atoms with Gasteiger partial charge in [-0.15, -0.1) is 0 Å². The molecule has 2 aliphatic rings. The van der Waals surface area contributed by atoms with Crippen molar-refractivity contribution in [2.45, 2.75) is 44.8 Å². The van der Waals surface area contributed by atoms with Crippen molar-refractivity contribution >= 4 is 11.9 Å². The van der Waals surface area contributed by atoms with Crippen molar-refractivity contribution in [3.8, 4) is 5.75 Å². The Balaban J connectivity index is 1.71. The lowest BCUT2D eigenvalue weighted by Crippen LogP contribution is -2.54. The van der Waals surface area contributed by atoms with Gasteiger partial charge in [0, 0.05) is 13.0 Å². The fourth-order valence-corrected chi connectivity index (χ4v) is 3.18. The molecule has 1 amide bonds. The van der Waals surface area contributed by atoms with Gasteiger partial charge in [-0.2, -0.15) is 0 Å². The normalized spacial score (nSPS) is 25.7. The number of amides is 1. The standard InChI is InChI=1S/C17H21NO5/c1-10-5-12-7-14(23-13(12)6-11(10)2)16(21)18-17(8-15(19)20)3-4-22-9-17/h5-6,14H,3-4,7-9H2,1-2H3,(H,18,21)(H,19,20). The molecule has 2 N–H and O–H groups in total. The molecule has 1 fully saturated rings. The molecule has 3 rings (SSSR count). The maximum Gasteiger partial charge on any atom is 0.305 e. The second-order valence-corrected chi connectivity index (χ2v) is 6.50. The predicted molar refractivity (Wildman–Crippen MR) is 82.6 cm³/mol. The zero-order valence-corrected chi connectivity index (χ0v) is 13.3. The van der Waals surface area contributed by atoms with Crippen molar-refractivity contribution in [3.05, 3.63) is 28.8 Å². The van der Waals surface area contributed by atoms with E-state index in [0.29, 0.717) is 19.4 Å². The first-order valence-corrected chi connectivity index (χ1v) is 7.77. The SMILES string of the molecule is Cc1cc2c(cc1C)OC(C(=O)NC1(CC(=O)O)CCOC1)C2. The summed E-state index contributed by atoms with van der Waals surface area (Å²) in [6, 6.07) is 3.99. The number of carboxylic acid groups (broad SMARTS) is 1. The van der Waals surface area contributed by atoms with Crippen molar-refractivity contribution in [2.75, 3.05) is 13.2 Å². The van der Waals surface area contributed by atoms with Gasteiger partial charge in [-0.1, -0.05) is 6.07 Å². The molecule has 1 aromatic rings. The van der Waals surface area contributed by atoms with Gasteiger partial charge in [-0.05, 0) is 43.0 Å². The van der Waals surface area contributed by atoms with Gasteiger partial charge in [0.05, 0.1) is 18.6 Å². The number of hydrogen-bond donors (Lipinski definition) is 2. The van der Waals surface area contributed by atoms with Gasteiger partial charge in [0.2, 0.25) is 0 Å². The van der Waals surface area contributed by atoms with Crippen molar-refractivity contribution in [1.29, 1.82) is 0 Å². The summed E-state index contributed by atoms with van der Waals surface area (Å²) < 4.78 is 11.1. The van der Waals surface area contributed by atoms with E-state index in [0.717, 1.165) is 16.9 Å². The van der Waals surface area contributed by atoms with Gasteiger partial charge >= 0.3 is 5.97 Å². The maximum atomic E-state index is 12.5. The Morgan fingerprint density at radius 2 is 2.09 bits per heavy atom. The number of aliphatic carboxylic acids is 1. The topological polar surface area (TPSA) is 84.9 Å². The van der Waals surface area contributed by atoms with Gasteiger partial charge in [0.15, 0.2) is 6.10 Å². The van der Waals surface area contributed by atoms with E-state index in [2.05, 4.69) is 5.32 Å².